The highest BCUT2D eigenvalue weighted by molar-refractivity contribution is 5.78. The van der Waals surface area contributed by atoms with Crippen LogP contribution < -0.4 is 0 Å². The fourth-order valence-electron chi connectivity index (χ4n) is 2.65. The Morgan fingerprint density at radius 2 is 1.52 bits per heavy atom. The molecule has 0 aromatic carbocycles. The number of carbonyl (C=O) groups excluding carboxylic acids is 2. The normalized spacial score (nSPS) is 15.4. The third kappa shape index (κ3) is 7.76. The molecule has 1 aliphatic rings. The van der Waals surface area contributed by atoms with Gasteiger partial charge in [-0.1, -0.05) is 6.42 Å². The summed E-state index contributed by atoms with van der Waals surface area (Å²) in [6.45, 7) is 4.93. The van der Waals surface area contributed by atoms with E-state index in [-0.39, 0.29) is 25.0 Å². The highest BCUT2D eigenvalue weighted by Gasteiger charge is 2.18. The van der Waals surface area contributed by atoms with Crippen molar-refractivity contribution in [3.8, 4) is 0 Å². The lowest BCUT2D eigenvalue weighted by molar-refractivity contribution is -0.138. The molecule has 0 saturated carbocycles. The molecule has 7 nitrogen and oxygen atoms in total. The molecule has 0 bridgehead atoms. The van der Waals surface area contributed by atoms with E-state index in [4.69, 9.17) is 9.47 Å². The Morgan fingerprint density at radius 3 is 2.13 bits per heavy atom. The summed E-state index contributed by atoms with van der Waals surface area (Å²) in [5.41, 5.74) is 0. The molecule has 1 heterocycles. The van der Waals surface area contributed by atoms with Crippen molar-refractivity contribution in [2.24, 2.45) is 0 Å². The van der Waals surface area contributed by atoms with Crippen LogP contribution in [0.15, 0.2) is 0 Å². The summed E-state index contributed by atoms with van der Waals surface area (Å²) in [4.78, 5) is 29.7. The Morgan fingerprint density at radius 1 is 0.913 bits per heavy atom. The first-order chi connectivity index (χ1) is 11.1. The molecule has 0 unspecified atom stereocenters. The van der Waals surface area contributed by atoms with Gasteiger partial charge in [0.2, 0.25) is 11.8 Å². The minimum atomic E-state index is -0.0809. The van der Waals surface area contributed by atoms with E-state index in [0.717, 1.165) is 19.6 Å². The zero-order valence-corrected chi connectivity index (χ0v) is 14.8. The molecular formula is C16H31N3O4. The second kappa shape index (κ2) is 11.4. The van der Waals surface area contributed by atoms with Gasteiger partial charge in [0.25, 0.3) is 0 Å². The van der Waals surface area contributed by atoms with Crippen molar-refractivity contribution in [3.05, 3.63) is 0 Å². The first-order valence-electron chi connectivity index (χ1n) is 8.30. The first kappa shape index (κ1) is 19.9. The SMILES string of the molecule is COCC(=O)N(C)CCN(CCN1CCCCC1)C(=O)COC. The molecule has 2 amide bonds. The third-order valence-corrected chi connectivity index (χ3v) is 4.15. The number of nitrogens with zero attached hydrogens (tertiary/aromatic N) is 3. The van der Waals surface area contributed by atoms with E-state index in [2.05, 4.69) is 4.90 Å². The van der Waals surface area contributed by atoms with Crippen LogP contribution in [0.5, 0.6) is 0 Å². The topological polar surface area (TPSA) is 62.3 Å². The van der Waals surface area contributed by atoms with Crippen molar-refractivity contribution in [2.45, 2.75) is 19.3 Å². The van der Waals surface area contributed by atoms with E-state index in [0.29, 0.717) is 19.6 Å². The van der Waals surface area contributed by atoms with Crippen LogP contribution in [-0.4, -0.2) is 100 Å². The summed E-state index contributed by atoms with van der Waals surface area (Å²) in [5, 5.41) is 0. The van der Waals surface area contributed by atoms with Gasteiger partial charge in [-0.05, 0) is 25.9 Å². The number of amides is 2. The van der Waals surface area contributed by atoms with E-state index < -0.39 is 0 Å². The highest BCUT2D eigenvalue weighted by Crippen LogP contribution is 2.08. The summed E-state index contributed by atoms with van der Waals surface area (Å²) >= 11 is 0. The third-order valence-electron chi connectivity index (χ3n) is 4.15. The minimum Gasteiger partial charge on any atom is -0.375 e. The predicted molar refractivity (Wildman–Crippen MR) is 88.3 cm³/mol. The fraction of sp³-hybridized carbons (Fsp3) is 0.875. The molecular weight excluding hydrogens is 298 g/mol. The lowest BCUT2D eigenvalue weighted by atomic mass is 10.1. The molecule has 0 N–H and O–H groups in total. The van der Waals surface area contributed by atoms with E-state index in [1.54, 1.807) is 16.8 Å². The molecule has 1 aliphatic heterocycles. The maximum atomic E-state index is 12.2. The number of likely N-dealkylation sites (N-methyl/N-ethyl adjacent to an activating group) is 1. The molecule has 1 rings (SSSR count). The number of ether oxygens (including phenoxy) is 2. The molecule has 0 aliphatic carbocycles. The smallest absolute Gasteiger partial charge is 0.248 e. The largest absolute Gasteiger partial charge is 0.375 e. The Labute approximate surface area is 139 Å². The van der Waals surface area contributed by atoms with Crippen LogP contribution >= 0.6 is 0 Å². The van der Waals surface area contributed by atoms with Gasteiger partial charge < -0.3 is 24.2 Å². The summed E-state index contributed by atoms with van der Waals surface area (Å²) in [6.07, 6.45) is 3.77. The maximum Gasteiger partial charge on any atom is 0.248 e. The fourth-order valence-corrected chi connectivity index (χ4v) is 2.65. The summed E-state index contributed by atoms with van der Waals surface area (Å²) in [7, 11) is 4.75. The van der Waals surface area contributed by atoms with Crippen LogP contribution in [0.4, 0.5) is 0 Å². The van der Waals surface area contributed by atoms with Gasteiger partial charge in [-0.3, -0.25) is 9.59 Å². The minimum absolute atomic E-state index is 0.0305. The Bertz CT molecular complexity index is 359. The number of hydrogen-bond acceptors (Lipinski definition) is 5. The molecule has 23 heavy (non-hydrogen) atoms. The molecule has 0 aromatic heterocycles. The first-order valence-corrected chi connectivity index (χ1v) is 8.30. The molecule has 0 spiro atoms. The van der Waals surface area contributed by atoms with Gasteiger partial charge in [-0.25, -0.2) is 0 Å². The van der Waals surface area contributed by atoms with Crippen molar-refractivity contribution in [1.29, 1.82) is 0 Å². The summed E-state index contributed by atoms with van der Waals surface area (Å²) in [5.74, 6) is -0.111. The van der Waals surface area contributed by atoms with Crippen LogP contribution in [0, 0.1) is 0 Å². The number of likely N-dealkylation sites (tertiary alicyclic amines) is 1. The van der Waals surface area contributed by atoms with Crippen molar-refractivity contribution >= 4 is 11.8 Å². The van der Waals surface area contributed by atoms with Gasteiger partial charge in [0, 0.05) is 47.4 Å². The second-order valence-electron chi connectivity index (χ2n) is 5.96. The average molecular weight is 329 g/mol. The van der Waals surface area contributed by atoms with Crippen LogP contribution in [0.25, 0.3) is 0 Å². The zero-order valence-electron chi connectivity index (χ0n) is 14.8. The lowest BCUT2D eigenvalue weighted by Gasteiger charge is -2.31. The molecule has 0 radical (unpaired) electrons. The molecule has 7 heteroatoms. The van der Waals surface area contributed by atoms with Gasteiger partial charge in [-0.15, -0.1) is 0 Å². The maximum absolute atomic E-state index is 12.2. The monoisotopic (exact) mass is 329 g/mol. The lowest BCUT2D eigenvalue weighted by Crippen LogP contribution is -2.45. The van der Waals surface area contributed by atoms with Gasteiger partial charge in [0.1, 0.15) is 13.2 Å². The van der Waals surface area contributed by atoms with Gasteiger partial charge >= 0.3 is 0 Å². The Balaban J connectivity index is 2.44. The number of carbonyl (C=O) groups is 2. The number of methoxy groups -OCH3 is 2. The predicted octanol–water partition coefficient (Wildman–Crippen LogP) is 0.0521. The number of piperidine rings is 1. The molecule has 0 atom stereocenters. The van der Waals surface area contributed by atoms with Gasteiger partial charge in [0.15, 0.2) is 0 Å². The molecule has 1 fully saturated rings. The van der Waals surface area contributed by atoms with E-state index in [1.807, 2.05) is 0 Å². The van der Waals surface area contributed by atoms with E-state index in [9.17, 15) is 9.59 Å². The quantitative estimate of drug-likeness (QED) is 0.567. The van der Waals surface area contributed by atoms with Gasteiger partial charge in [0.05, 0.1) is 0 Å². The van der Waals surface area contributed by atoms with Crippen molar-refractivity contribution in [2.75, 3.05) is 73.7 Å². The van der Waals surface area contributed by atoms with Crippen molar-refractivity contribution in [1.82, 2.24) is 14.7 Å². The van der Waals surface area contributed by atoms with Crippen molar-refractivity contribution < 1.29 is 19.1 Å². The Kier molecular flexibility index (Phi) is 9.82. The van der Waals surface area contributed by atoms with Crippen LogP contribution in [0.1, 0.15) is 19.3 Å². The second-order valence-corrected chi connectivity index (χ2v) is 5.96. The number of rotatable bonds is 10. The highest BCUT2D eigenvalue weighted by atomic mass is 16.5. The molecule has 134 valence electrons. The van der Waals surface area contributed by atoms with E-state index >= 15 is 0 Å². The van der Waals surface area contributed by atoms with Crippen molar-refractivity contribution in [3.63, 3.8) is 0 Å². The number of hydrogen-bond donors (Lipinski definition) is 0. The van der Waals surface area contributed by atoms with E-state index in [1.165, 1.54) is 33.5 Å². The van der Waals surface area contributed by atoms with Gasteiger partial charge in [-0.2, -0.15) is 0 Å². The summed E-state index contributed by atoms with van der Waals surface area (Å²) in [6, 6.07) is 0. The molecule has 0 aromatic rings. The van der Waals surface area contributed by atoms with Crippen LogP contribution in [-0.2, 0) is 19.1 Å². The standard InChI is InChI=1S/C16H31N3O4/c1-17(15(20)13-22-2)9-11-19(16(21)14-23-3)12-10-18-7-5-4-6-8-18/h4-14H2,1-3H3. The van der Waals surface area contributed by atoms with Crippen LogP contribution in [0.2, 0.25) is 0 Å². The Hall–Kier alpha value is -1.18. The van der Waals surface area contributed by atoms with Crippen LogP contribution in [0.3, 0.4) is 0 Å². The summed E-state index contributed by atoms with van der Waals surface area (Å²) < 4.78 is 9.81. The zero-order chi connectivity index (χ0) is 17.1. The average Bonchev–Trinajstić information content (AvgIpc) is 2.56. The molecule has 1 saturated heterocycles.